The molecule has 39 heavy (non-hydrogen) atoms. The van der Waals surface area contributed by atoms with Crippen molar-refractivity contribution in [2.75, 3.05) is 0 Å². The van der Waals surface area contributed by atoms with E-state index in [9.17, 15) is 0 Å². The van der Waals surface area contributed by atoms with E-state index in [1.807, 2.05) is 0 Å². The predicted octanol–water partition coefficient (Wildman–Crippen LogP) is 9.20. The van der Waals surface area contributed by atoms with Gasteiger partial charge in [0, 0.05) is 11.2 Å². The van der Waals surface area contributed by atoms with Gasteiger partial charge in [0.1, 0.15) is 11.9 Å². The molecule has 2 aliphatic rings. The van der Waals surface area contributed by atoms with Crippen molar-refractivity contribution in [3.8, 4) is 0 Å². The first-order valence-corrected chi connectivity index (χ1v) is 16.0. The topological polar surface area (TPSA) is 9.23 Å². The zero-order valence-electron chi connectivity index (χ0n) is 23.3. The van der Waals surface area contributed by atoms with Gasteiger partial charge in [-0.2, -0.15) is 0 Å². The molecule has 0 radical (unpaired) electrons. The highest BCUT2D eigenvalue weighted by Crippen LogP contribution is 2.57. The Kier molecular flexibility index (Phi) is 7.71. The number of rotatable bonds is 6. The van der Waals surface area contributed by atoms with Crippen molar-refractivity contribution in [1.29, 1.82) is 0 Å². The molecule has 1 saturated carbocycles. The molecule has 0 amide bonds. The van der Waals surface area contributed by atoms with Crippen LogP contribution < -0.4 is 10.6 Å². The molecule has 0 aliphatic heterocycles. The highest BCUT2D eigenvalue weighted by molar-refractivity contribution is 7.73. The Morgan fingerprint density at radius 1 is 0.692 bits per heavy atom. The Morgan fingerprint density at radius 2 is 1.28 bits per heavy atom. The van der Waals surface area contributed by atoms with E-state index in [2.05, 4.69) is 136 Å². The Hall–Kier alpha value is -3.15. The lowest BCUT2D eigenvalue weighted by Crippen LogP contribution is -2.34. The molecule has 0 heterocycles. The molecule has 0 bridgehead atoms. The molecule has 198 valence electrons. The number of hydrogen-bond acceptors (Lipinski definition) is 1. The molecule has 2 heteroatoms. The Morgan fingerprint density at radius 3 is 1.95 bits per heavy atom. The van der Waals surface area contributed by atoms with Gasteiger partial charge in [0.05, 0.1) is 0 Å². The molecule has 0 saturated heterocycles. The number of benzene rings is 4. The van der Waals surface area contributed by atoms with Gasteiger partial charge in [-0.25, -0.2) is 0 Å². The predicted molar refractivity (Wildman–Crippen MR) is 168 cm³/mol. The van der Waals surface area contributed by atoms with Crippen molar-refractivity contribution in [3.05, 3.63) is 131 Å². The van der Waals surface area contributed by atoms with E-state index in [0.29, 0.717) is 17.8 Å². The zero-order valence-corrected chi connectivity index (χ0v) is 24.2. The molecule has 4 atom stereocenters. The minimum Gasteiger partial charge on any atom is -0.489 e. The van der Waals surface area contributed by atoms with Gasteiger partial charge < -0.3 is 4.74 Å². The molecule has 1 fully saturated rings. The Balaban J connectivity index is 1.52. The smallest absolute Gasteiger partial charge is 0.127 e. The summed E-state index contributed by atoms with van der Waals surface area (Å²) in [4.78, 5) is 0. The van der Waals surface area contributed by atoms with Crippen LogP contribution in [0.2, 0.25) is 0 Å². The van der Waals surface area contributed by atoms with Crippen LogP contribution in [-0.4, -0.2) is 6.10 Å². The summed E-state index contributed by atoms with van der Waals surface area (Å²) in [6, 6.07) is 40.3. The molecule has 2 aliphatic carbocycles. The fourth-order valence-corrected chi connectivity index (χ4v) is 9.55. The van der Waals surface area contributed by atoms with Crippen LogP contribution in [0.25, 0.3) is 11.8 Å². The van der Waals surface area contributed by atoms with E-state index >= 15 is 0 Å². The van der Waals surface area contributed by atoms with Gasteiger partial charge >= 0.3 is 0 Å². The quantitative estimate of drug-likeness (QED) is 0.226. The highest BCUT2D eigenvalue weighted by atomic mass is 31.1. The molecule has 4 aromatic carbocycles. The van der Waals surface area contributed by atoms with Crippen molar-refractivity contribution >= 4 is 30.4 Å². The SMILES string of the molecule is CC(C)[C@@H]1CC[C@@H](C)C[C@H]1OC1=Cc2ccccc2[C@H](P(c2ccccc2)c2ccccc2)c2ccccc21. The molecule has 0 spiro atoms. The second-order valence-corrected chi connectivity index (χ2v) is 13.9. The van der Waals surface area contributed by atoms with Crippen LogP contribution in [0.15, 0.2) is 109 Å². The molecule has 0 N–H and O–H groups in total. The normalized spacial score (nSPS) is 22.5. The maximum atomic E-state index is 7.15. The first-order chi connectivity index (χ1) is 19.1. The van der Waals surface area contributed by atoms with Crippen molar-refractivity contribution in [3.63, 3.8) is 0 Å². The second-order valence-electron chi connectivity index (χ2n) is 11.7. The molecular weight excluding hydrogens is 491 g/mol. The molecule has 0 aromatic heterocycles. The monoisotopic (exact) mass is 530 g/mol. The number of ether oxygens (including phenoxy) is 1. The largest absolute Gasteiger partial charge is 0.489 e. The van der Waals surface area contributed by atoms with Crippen molar-refractivity contribution in [1.82, 2.24) is 0 Å². The summed E-state index contributed by atoms with van der Waals surface area (Å²) in [6.45, 7) is 7.12. The van der Waals surface area contributed by atoms with Crippen molar-refractivity contribution < 1.29 is 4.74 Å². The average molecular weight is 531 g/mol. The van der Waals surface area contributed by atoms with E-state index in [1.54, 1.807) is 0 Å². The molecular formula is C37H39OP. The third kappa shape index (κ3) is 5.35. The molecule has 1 nitrogen and oxygen atoms in total. The van der Waals surface area contributed by atoms with E-state index in [1.165, 1.54) is 45.7 Å². The van der Waals surface area contributed by atoms with Crippen LogP contribution in [0, 0.1) is 17.8 Å². The second kappa shape index (κ2) is 11.5. The Bertz CT molecular complexity index is 1380. The van der Waals surface area contributed by atoms with Gasteiger partial charge in [-0.05, 0) is 71.9 Å². The third-order valence-electron chi connectivity index (χ3n) is 8.66. The third-order valence-corrected chi connectivity index (χ3v) is 11.4. The van der Waals surface area contributed by atoms with E-state index in [0.717, 1.165) is 12.2 Å². The first-order valence-electron chi connectivity index (χ1n) is 14.6. The summed E-state index contributed by atoms with van der Waals surface area (Å²) < 4.78 is 7.15. The lowest BCUT2D eigenvalue weighted by molar-refractivity contribution is 0.0265. The molecule has 6 rings (SSSR count). The van der Waals surface area contributed by atoms with Gasteiger partial charge in [-0.3, -0.25) is 0 Å². The standard InChI is InChI=1S/C37H39OP/c1-26(2)31-23-22-27(3)24-35(31)38-36-25-28-14-10-11-19-32(28)37(34-21-13-12-20-33(34)36)39(29-15-6-4-7-16-29)30-17-8-5-9-18-30/h4-21,25-27,31,35,37H,22-24H2,1-3H3/t27-,31+,35-,37+/m1/s1. The van der Waals surface area contributed by atoms with Crippen LogP contribution in [-0.2, 0) is 4.74 Å². The van der Waals surface area contributed by atoms with Crippen LogP contribution >= 0.6 is 7.92 Å². The van der Waals surface area contributed by atoms with E-state index < -0.39 is 7.92 Å². The van der Waals surface area contributed by atoms with Crippen LogP contribution in [0.4, 0.5) is 0 Å². The van der Waals surface area contributed by atoms with Gasteiger partial charge in [0.2, 0.25) is 0 Å². The number of hydrogen-bond donors (Lipinski definition) is 0. The van der Waals surface area contributed by atoms with Gasteiger partial charge in [0.15, 0.2) is 0 Å². The van der Waals surface area contributed by atoms with E-state index in [-0.39, 0.29) is 11.8 Å². The van der Waals surface area contributed by atoms with Gasteiger partial charge in [-0.1, -0.05) is 136 Å². The summed E-state index contributed by atoms with van der Waals surface area (Å²) in [5.74, 6) is 2.96. The molecule has 4 aromatic rings. The van der Waals surface area contributed by atoms with Crippen LogP contribution in [0.3, 0.4) is 0 Å². The fraction of sp³-hybridized carbons (Fsp3) is 0.297. The minimum absolute atomic E-state index is 0.223. The summed E-state index contributed by atoms with van der Waals surface area (Å²) in [5.41, 5.74) is 5.51. The lowest BCUT2D eigenvalue weighted by atomic mass is 9.75. The first kappa shape index (κ1) is 26.1. The van der Waals surface area contributed by atoms with Crippen molar-refractivity contribution in [2.24, 2.45) is 17.8 Å². The lowest BCUT2D eigenvalue weighted by Gasteiger charge is -2.38. The summed E-state index contributed by atoms with van der Waals surface area (Å²) in [6.07, 6.45) is 6.29. The zero-order chi connectivity index (χ0) is 26.8. The minimum atomic E-state index is -0.713. The summed E-state index contributed by atoms with van der Waals surface area (Å²) in [7, 11) is -0.713. The van der Waals surface area contributed by atoms with E-state index in [4.69, 9.17) is 4.74 Å². The fourth-order valence-electron chi connectivity index (χ4n) is 6.65. The van der Waals surface area contributed by atoms with Crippen LogP contribution in [0.5, 0.6) is 0 Å². The maximum Gasteiger partial charge on any atom is 0.127 e. The summed E-state index contributed by atoms with van der Waals surface area (Å²) in [5, 5.41) is 2.80. The van der Waals surface area contributed by atoms with Crippen LogP contribution in [0.1, 0.15) is 67.9 Å². The maximum absolute atomic E-state index is 7.15. The summed E-state index contributed by atoms with van der Waals surface area (Å²) >= 11 is 0. The number of fused-ring (bicyclic) bond motifs is 2. The van der Waals surface area contributed by atoms with Crippen molar-refractivity contribution in [2.45, 2.75) is 51.8 Å². The Labute approximate surface area is 235 Å². The van der Waals surface area contributed by atoms with Gasteiger partial charge in [0.25, 0.3) is 0 Å². The van der Waals surface area contributed by atoms with Gasteiger partial charge in [-0.15, -0.1) is 0 Å². The average Bonchev–Trinajstić information content (AvgIpc) is 3.09. The highest BCUT2D eigenvalue weighted by Gasteiger charge is 2.36. The molecule has 0 unspecified atom stereocenters.